The van der Waals surface area contributed by atoms with Crippen LogP contribution < -0.4 is 5.32 Å². The molecular weight excluding hydrogens is 360 g/mol. The van der Waals surface area contributed by atoms with Crippen LogP contribution in [-0.4, -0.2) is 35.4 Å². The van der Waals surface area contributed by atoms with Gasteiger partial charge in [-0.2, -0.15) is 0 Å². The molecule has 1 heterocycles. The molecule has 1 aliphatic heterocycles. The first-order valence-corrected chi connectivity index (χ1v) is 9.87. The summed E-state index contributed by atoms with van der Waals surface area (Å²) >= 11 is 0. The number of carbonyl (C=O) groups excluding carboxylic acids is 2. The molecule has 0 radical (unpaired) electrons. The predicted molar refractivity (Wildman–Crippen MR) is 103 cm³/mol. The van der Waals surface area contributed by atoms with E-state index in [-0.39, 0.29) is 5.56 Å². The Labute approximate surface area is 164 Å². The molecule has 1 aromatic rings. The Morgan fingerprint density at radius 2 is 1.86 bits per heavy atom. The zero-order valence-electron chi connectivity index (χ0n) is 16.0. The number of nitrogens with zero attached hydrogens (tertiary/aromatic N) is 1. The lowest BCUT2D eigenvalue weighted by Crippen LogP contribution is -2.45. The number of carboxylic acids is 1. The average molecular weight is 386 g/mol. The van der Waals surface area contributed by atoms with Gasteiger partial charge in [0.1, 0.15) is 5.92 Å². The van der Waals surface area contributed by atoms with Crippen LogP contribution in [-0.2, 0) is 9.53 Å². The van der Waals surface area contributed by atoms with Crippen molar-refractivity contribution >= 4 is 23.7 Å². The van der Waals surface area contributed by atoms with Gasteiger partial charge in [-0.15, -0.1) is 0 Å². The highest BCUT2D eigenvalue weighted by Crippen LogP contribution is 2.30. The smallest absolute Gasteiger partial charge is 0.341 e. The first-order chi connectivity index (χ1) is 13.5. The van der Waals surface area contributed by atoms with E-state index in [2.05, 4.69) is 10.3 Å². The van der Waals surface area contributed by atoms with Crippen molar-refractivity contribution in [3.8, 4) is 0 Å². The number of amides is 2. The van der Waals surface area contributed by atoms with Crippen LogP contribution in [0.25, 0.3) is 0 Å². The second-order valence-electron chi connectivity index (χ2n) is 7.42. The van der Waals surface area contributed by atoms with E-state index in [4.69, 9.17) is 9.84 Å². The zero-order valence-corrected chi connectivity index (χ0v) is 16.0. The Balaban J connectivity index is 1.80. The van der Waals surface area contributed by atoms with Crippen molar-refractivity contribution in [3.05, 3.63) is 35.4 Å². The fourth-order valence-electron chi connectivity index (χ4n) is 3.96. The molecule has 1 saturated carbocycles. The third kappa shape index (κ3) is 4.58. The number of aromatic carboxylic acids is 1. The van der Waals surface area contributed by atoms with E-state index in [0.717, 1.165) is 12.8 Å². The summed E-state index contributed by atoms with van der Waals surface area (Å²) in [6, 6.07) is 5.04. The minimum absolute atomic E-state index is 0.145. The van der Waals surface area contributed by atoms with E-state index in [1.54, 1.807) is 12.1 Å². The van der Waals surface area contributed by atoms with E-state index in [1.807, 2.05) is 6.92 Å². The predicted octanol–water partition coefficient (Wildman–Crippen LogP) is 3.74. The molecule has 0 aromatic heterocycles. The highest BCUT2D eigenvalue weighted by Gasteiger charge is 2.39. The van der Waals surface area contributed by atoms with Crippen LogP contribution in [0.3, 0.4) is 0 Å². The molecule has 2 unspecified atom stereocenters. The Bertz CT molecular complexity index is 766. The fourth-order valence-corrected chi connectivity index (χ4v) is 3.96. The number of hydrogen-bond acceptors (Lipinski definition) is 4. The topological polar surface area (TPSA) is 105 Å². The van der Waals surface area contributed by atoms with Crippen molar-refractivity contribution in [2.45, 2.75) is 51.5 Å². The Kier molecular flexibility index (Phi) is 6.44. The summed E-state index contributed by atoms with van der Waals surface area (Å²) < 4.78 is 5.64. The molecule has 2 N–H and O–H groups in total. The molecule has 1 fully saturated rings. The summed E-state index contributed by atoms with van der Waals surface area (Å²) in [5, 5.41) is 11.8. The van der Waals surface area contributed by atoms with Gasteiger partial charge in [0.2, 0.25) is 0 Å². The maximum absolute atomic E-state index is 12.9. The first kappa shape index (κ1) is 20.0. The largest absolute Gasteiger partial charge is 0.478 e. The second kappa shape index (κ2) is 8.99. The normalized spacial score (nSPS) is 22.9. The Hall–Kier alpha value is -2.70. The number of esters is 1. The summed E-state index contributed by atoms with van der Waals surface area (Å²) in [4.78, 5) is 40.0. The Morgan fingerprint density at radius 1 is 1.18 bits per heavy atom. The van der Waals surface area contributed by atoms with Crippen LogP contribution in [0.4, 0.5) is 4.79 Å². The number of benzene rings is 1. The number of rotatable bonds is 6. The molecule has 7 heteroatoms. The van der Waals surface area contributed by atoms with Gasteiger partial charge in [-0.05, 0) is 42.9 Å². The molecular formula is C21H26N2O5. The fraction of sp³-hybridized carbons (Fsp3) is 0.524. The summed E-state index contributed by atoms with van der Waals surface area (Å²) in [6.45, 7) is 2.24. The van der Waals surface area contributed by atoms with Crippen LogP contribution in [0.1, 0.15) is 67.4 Å². The maximum atomic E-state index is 12.9. The molecule has 1 aliphatic carbocycles. The standard InChI is InChI=1S/C21H26N2O5/c1-2-16-17(20(26)28-12-13-6-4-3-5-7-13)18(23-21(27)22-16)14-8-10-15(11-9-14)19(24)25/h8-11,13,17-18H,2-7,12H2,1H3,(H,23,27)(H,24,25). The van der Waals surface area contributed by atoms with E-state index < -0.39 is 29.9 Å². The van der Waals surface area contributed by atoms with Crippen molar-refractivity contribution in [1.82, 2.24) is 5.32 Å². The molecule has 7 nitrogen and oxygen atoms in total. The molecule has 0 spiro atoms. The average Bonchev–Trinajstić information content (AvgIpc) is 2.72. The first-order valence-electron chi connectivity index (χ1n) is 9.87. The molecule has 3 rings (SSSR count). The lowest BCUT2D eigenvalue weighted by atomic mass is 9.86. The van der Waals surface area contributed by atoms with E-state index >= 15 is 0 Å². The molecule has 1 aromatic carbocycles. The van der Waals surface area contributed by atoms with E-state index in [9.17, 15) is 14.4 Å². The van der Waals surface area contributed by atoms with Crippen LogP contribution in [0.15, 0.2) is 29.3 Å². The van der Waals surface area contributed by atoms with Crippen molar-refractivity contribution in [2.75, 3.05) is 6.61 Å². The van der Waals surface area contributed by atoms with Gasteiger partial charge in [-0.25, -0.2) is 14.6 Å². The molecule has 2 aliphatic rings. The van der Waals surface area contributed by atoms with Crippen LogP contribution in [0.2, 0.25) is 0 Å². The van der Waals surface area contributed by atoms with Gasteiger partial charge in [0, 0.05) is 5.71 Å². The monoisotopic (exact) mass is 386 g/mol. The lowest BCUT2D eigenvalue weighted by Gasteiger charge is -2.31. The number of ether oxygens (including phenoxy) is 1. The number of hydrogen-bond donors (Lipinski definition) is 2. The molecule has 2 amide bonds. The number of carboxylic acid groups (broad SMARTS) is 1. The van der Waals surface area contributed by atoms with Gasteiger partial charge in [0.15, 0.2) is 0 Å². The third-order valence-corrected chi connectivity index (χ3v) is 5.54. The number of carbonyl (C=O) groups is 3. The van der Waals surface area contributed by atoms with Crippen molar-refractivity contribution < 1.29 is 24.2 Å². The van der Waals surface area contributed by atoms with E-state index in [1.165, 1.54) is 31.4 Å². The van der Waals surface area contributed by atoms with Gasteiger partial charge >= 0.3 is 18.0 Å². The number of nitrogens with one attached hydrogen (secondary N) is 1. The van der Waals surface area contributed by atoms with Crippen LogP contribution in [0.5, 0.6) is 0 Å². The highest BCUT2D eigenvalue weighted by molar-refractivity contribution is 6.09. The van der Waals surface area contributed by atoms with Crippen LogP contribution in [0, 0.1) is 11.8 Å². The summed E-state index contributed by atoms with van der Waals surface area (Å²) in [7, 11) is 0. The van der Waals surface area contributed by atoms with Gasteiger partial charge in [-0.1, -0.05) is 38.3 Å². The molecule has 0 bridgehead atoms. The van der Waals surface area contributed by atoms with Crippen molar-refractivity contribution in [2.24, 2.45) is 16.8 Å². The van der Waals surface area contributed by atoms with Gasteiger partial charge in [0.05, 0.1) is 18.2 Å². The van der Waals surface area contributed by atoms with Crippen LogP contribution >= 0.6 is 0 Å². The zero-order chi connectivity index (χ0) is 20.1. The second-order valence-corrected chi connectivity index (χ2v) is 7.42. The van der Waals surface area contributed by atoms with Gasteiger partial charge in [0.25, 0.3) is 0 Å². The number of urea groups is 1. The summed E-state index contributed by atoms with van der Waals surface area (Å²) in [6.07, 6.45) is 6.18. The molecule has 150 valence electrons. The lowest BCUT2D eigenvalue weighted by molar-refractivity contribution is -0.148. The maximum Gasteiger partial charge on any atom is 0.341 e. The molecule has 2 atom stereocenters. The molecule has 0 saturated heterocycles. The van der Waals surface area contributed by atoms with Crippen molar-refractivity contribution in [1.29, 1.82) is 0 Å². The van der Waals surface area contributed by atoms with Gasteiger partial charge < -0.3 is 15.2 Å². The third-order valence-electron chi connectivity index (χ3n) is 5.54. The summed E-state index contributed by atoms with van der Waals surface area (Å²) in [5.74, 6) is -1.73. The summed E-state index contributed by atoms with van der Waals surface area (Å²) in [5.41, 5.74) is 1.29. The van der Waals surface area contributed by atoms with Crippen molar-refractivity contribution in [3.63, 3.8) is 0 Å². The van der Waals surface area contributed by atoms with Gasteiger partial charge in [-0.3, -0.25) is 4.79 Å². The highest BCUT2D eigenvalue weighted by atomic mass is 16.5. The number of aliphatic imine (C=N–C) groups is 1. The minimum atomic E-state index is -1.03. The quantitative estimate of drug-likeness (QED) is 0.725. The SMILES string of the molecule is CCC1=NC(=O)NC(c2ccc(C(=O)O)cc2)C1C(=O)OCC1CCCCC1. The minimum Gasteiger partial charge on any atom is -0.478 e. The van der Waals surface area contributed by atoms with E-state index in [0.29, 0.717) is 30.2 Å². The Morgan fingerprint density at radius 3 is 2.46 bits per heavy atom. The molecule has 28 heavy (non-hydrogen) atoms.